The predicted molar refractivity (Wildman–Crippen MR) is 64.9 cm³/mol. The van der Waals surface area contributed by atoms with Gasteiger partial charge in [0, 0.05) is 24.1 Å². The Kier molecular flexibility index (Phi) is 3.78. The Morgan fingerprint density at radius 1 is 1.40 bits per heavy atom. The van der Waals surface area contributed by atoms with Gasteiger partial charge >= 0.3 is 0 Å². The fourth-order valence-electron chi connectivity index (χ4n) is 2.00. The van der Waals surface area contributed by atoms with Gasteiger partial charge in [0.2, 0.25) is 0 Å². The summed E-state index contributed by atoms with van der Waals surface area (Å²) < 4.78 is 1.18. The van der Waals surface area contributed by atoms with Crippen molar-refractivity contribution in [2.45, 2.75) is 18.9 Å². The van der Waals surface area contributed by atoms with Crippen LogP contribution in [0, 0.1) is 0 Å². The molecule has 0 radical (unpaired) electrons. The van der Waals surface area contributed by atoms with Crippen LogP contribution in [0.4, 0.5) is 0 Å². The largest absolute Gasteiger partial charge is 0.392 e. The van der Waals surface area contributed by atoms with Gasteiger partial charge in [-0.15, -0.1) is 0 Å². The van der Waals surface area contributed by atoms with Crippen molar-refractivity contribution in [3.63, 3.8) is 0 Å². The number of nitrogens with zero attached hydrogens (tertiary/aromatic N) is 1. The molecule has 3 heteroatoms. The second-order valence-corrected chi connectivity index (χ2v) is 4.94. The quantitative estimate of drug-likeness (QED) is 0.908. The molecule has 0 saturated carbocycles. The normalized spacial score (nSPS) is 22.1. The molecule has 15 heavy (non-hydrogen) atoms. The molecule has 1 unspecified atom stereocenters. The van der Waals surface area contributed by atoms with Gasteiger partial charge in [0.15, 0.2) is 0 Å². The number of aliphatic hydroxyl groups excluding tert-OH is 1. The number of β-amino-alcohol motifs (C(OH)–C–C–N with tert-alkyl or cyclic N) is 1. The third-order valence-corrected chi connectivity index (χ3v) is 3.68. The second kappa shape index (κ2) is 5.10. The van der Waals surface area contributed by atoms with Crippen molar-refractivity contribution in [3.05, 3.63) is 34.3 Å². The predicted octanol–water partition coefficient (Wildman–Crippen LogP) is 2.06. The molecule has 1 atom stereocenters. The average molecular weight is 270 g/mol. The minimum absolute atomic E-state index is 0.107. The summed E-state index contributed by atoms with van der Waals surface area (Å²) in [7, 11) is 0. The van der Waals surface area contributed by atoms with Gasteiger partial charge in [0.25, 0.3) is 0 Å². The van der Waals surface area contributed by atoms with Gasteiger partial charge in [-0.05, 0) is 24.5 Å². The van der Waals surface area contributed by atoms with Crippen LogP contribution in [0.2, 0.25) is 0 Å². The number of benzene rings is 1. The van der Waals surface area contributed by atoms with Gasteiger partial charge in [0.05, 0.1) is 6.10 Å². The van der Waals surface area contributed by atoms with E-state index in [1.165, 1.54) is 10.0 Å². The molecule has 1 aromatic carbocycles. The van der Waals surface area contributed by atoms with Crippen LogP contribution in [0.1, 0.15) is 12.0 Å². The lowest BCUT2D eigenvalue weighted by atomic mass is 10.1. The topological polar surface area (TPSA) is 23.5 Å². The molecule has 0 bridgehead atoms. The first-order valence-electron chi connectivity index (χ1n) is 5.39. The van der Waals surface area contributed by atoms with Crippen LogP contribution in [0.15, 0.2) is 28.7 Å². The Morgan fingerprint density at radius 3 is 2.87 bits per heavy atom. The molecule has 1 aliphatic heterocycles. The van der Waals surface area contributed by atoms with E-state index in [9.17, 15) is 5.11 Å². The first-order chi connectivity index (χ1) is 7.25. The Bertz CT molecular complexity index is 329. The lowest BCUT2D eigenvalue weighted by Gasteiger charge is -2.15. The van der Waals surface area contributed by atoms with E-state index in [2.05, 4.69) is 39.0 Å². The molecule has 82 valence electrons. The Balaban J connectivity index is 1.86. The maximum absolute atomic E-state index is 9.40. The lowest BCUT2D eigenvalue weighted by molar-refractivity contribution is 0.177. The van der Waals surface area contributed by atoms with Gasteiger partial charge in [-0.1, -0.05) is 34.1 Å². The van der Waals surface area contributed by atoms with Crippen molar-refractivity contribution < 1.29 is 5.11 Å². The maximum Gasteiger partial charge on any atom is 0.0679 e. The molecule has 0 spiro atoms. The fourth-order valence-corrected chi connectivity index (χ4v) is 2.48. The zero-order valence-electron chi connectivity index (χ0n) is 8.69. The van der Waals surface area contributed by atoms with Crippen molar-refractivity contribution in [1.82, 2.24) is 4.90 Å². The van der Waals surface area contributed by atoms with E-state index in [1.54, 1.807) is 0 Å². The summed E-state index contributed by atoms with van der Waals surface area (Å²) in [4.78, 5) is 2.32. The summed E-state index contributed by atoms with van der Waals surface area (Å²) in [5.41, 5.74) is 1.35. The van der Waals surface area contributed by atoms with Crippen molar-refractivity contribution in [2.24, 2.45) is 0 Å². The Labute approximate surface area is 99.0 Å². The average Bonchev–Trinajstić information content (AvgIpc) is 2.63. The van der Waals surface area contributed by atoms with E-state index in [0.29, 0.717) is 0 Å². The van der Waals surface area contributed by atoms with Crippen LogP contribution in [-0.2, 0) is 6.42 Å². The van der Waals surface area contributed by atoms with Crippen molar-refractivity contribution >= 4 is 15.9 Å². The lowest BCUT2D eigenvalue weighted by Crippen LogP contribution is -2.24. The molecule has 1 saturated heterocycles. The van der Waals surface area contributed by atoms with Gasteiger partial charge in [0.1, 0.15) is 0 Å². The highest BCUT2D eigenvalue weighted by atomic mass is 79.9. The van der Waals surface area contributed by atoms with Gasteiger partial charge in [-0.3, -0.25) is 0 Å². The molecule has 1 aliphatic rings. The van der Waals surface area contributed by atoms with Crippen LogP contribution in [-0.4, -0.2) is 35.7 Å². The van der Waals surface area contributed by atoms with E-state index in [-0.39, 0.29) is 6.10 Å². The van der Waals surface area contributed by atoms with Gasteiger partial charge < -0.3 is 10.0 Å². The second-order valence-electron chi connectivity index (χ2n) is 4.08. The number of aliphatic hydroxyl groups is 1. The monoisotopic (exact) mass is 269 g/mol. The molecule has 0 aliphatic carbocycles. The van der Waals surface area contributed by atoms with Crippen LogP contribution in [0.5, 0.6) is 0 Å². The first kappa shape index (κ1) is 11.1. The van der Waals surface area contributed by atoms with Crippen molar-refractivity contribution in [2.75, 3.05) is 19.6 Å². The zero-order valence-corrected chi connectivity index (χ0v) is 10.3. The molecule has 0 amide bonds. The van der Waals surface area contributed by atoms with E-state index in [1.807, 2.05) is 6.07 Å². The molecule has 1 aromatic rings. The third kappa shape index (κ3) is 3.03. The van der Waals surface area contributed by atoms with Crippen molar-refractivity contribution in [3.8, 4) is 0 Å². The van der Waals surface area contributed by atoms with Crippen molar-refractivity contribution in [1.29, 1.82) is 0 Å². The Hall–Kier alpha value is -0.380. The summed E-state index contributed by atoms with van der Waals surface area (Å²) in [6, 6.07) is 8.33. The van der Waals surface area contributed by atoms with Crippen LogP contribution in [0.25, 0.3) is 0 Å². The molecular formula is C12H16BrNO. The standard InChI is InChI=1S/C12H16BrNO/c13-12-4-2-1-3-10(12)5-7-14-8-6-11(15)9-14/h1-4,11,15H,5-9H2. The molecule has 1 N–H and O–H groups in total. The van der Waals surface area contributed by atoms with E-state index < -0.39 is 0 Å². The van der Waals surface area contributed by atoms with Gasteiger partial charge in [-0.25, -0.2) is 0 Å². The SMILES string of the molecule is OC1CCN(CCc2ccccc2Br)C1. The minimum atomic E-state index is -0.107. The zero-order chi connectivity index (χ0) is 10.7. The van der Waals surface area contributed by atoms with Gasteiger partial charge in [-0.2, -0.15) is 0 Å². The van der Waals surface area contributed by atoms with E-state index in [4.69, 9.17) is 0 Å². The number of hydrogen-bond donors (Lipinski definition) is 1. The molecule has 2 rings (SSSR count). The van der Waals surface area contributed by atoms with Crippen LogP contribution >= 0.6 is 15.9 Å². The maximum atomic E-state index is 9.40. The number of hydrogen-bond acceptors (Lipinski definition) is 2. The summed E-state index contributed by atoms with van der Waals surface area (Å²) in [5.74, 6) is 0. The van der Waals surface area contributed by atoms with E-state index >= 15 is 0 Å². The van der Waals surface area contributed by atoms with E-state index in [0.717, 1.165) is 32.5 Å². The molecule has 2 nitrogen and oxygen atoms in total. The minimum Gasteiger partial charge on any atom is -0.392 e. The summed E-state index contributed by atoms with van der Waals surface area (Å²) in [5, 5.41) is 9.40. The van der Waals surface area contributed by atoms with Crippen LogP contribution < -0.4 is 0 Å². The molecule has 0 aromatic heterocycles. The highest BCUT2D eigenvalue weighted by Crippen LogP contribution is 2.17. The molecule has 1 fully saturated rings. The summed E-state index contributed by atoms with van der Waals surface area (Å²) in [6.45, 7) is 2.91. The number of rotatable bonds is 3. The third-order valence-electron chi connectivity index (χ3n) is 2.90. The highest BCUT2D eigenvalue weighted by Gasteiger charge is 2.19. The number of halogens is 1. The summed E-state index contributed by atoms with van der Waals surface area (Å²) in [6.07, 6.45) is 1.87. The summed E-state index contributed by atoms with van der Waals surface area (Å²) >= 11 is 3.55. The molecular weight excluding hydrogens is 254 g/mol. The number of likely N-dealkylation sites (tertiary alicyclic amines) is 1. The van der Waals surface area contributed by atoms with Crippen LogP contribution in [0.3, 0.4) is 0 Å². The highest BCUT2D eigenvalue weighted by molar-refractivity contribution is 9.10. The molecule has 1 heterocycles. The fraction of sp³-hybridized carbons (Fsp3) is 0.500. The first-order valence-corrected chi connectivity index (χ1v) is 6.19. The Morgan fingerprint density at radius 2 is 2.20 bits per heavy atom. The smallest absolute Gasteiger partial charge is 0.0679 e.